The third kappa shape index (κ3) is 1.39. The molecule has 1 saturated heterocycles. The Morgan fingerprint density at radius 2 is 2.60 bits per heavy atom. The minimum atomic E-state index is -0.262. The van der Waals surface area contributed by atoms with Crippen LogP contribution in [0.3, 0.4) is 0 Å². The first kappa shape index (κ1) is 7.34. The number of ether oxygens (including phenoxy) is 1. The molecule has 1 heterocycles. The average molecular weight is 144 g/mol. The van der Waals surface area contributed by atoms with Crippen LogP contribution in [0.2, 0.25) is 0 Å². The van der Waals surface area contributed by atoms with E-state index >= 15 is 0 Å². The van der Waals surface area contributed by atoms with Crippen LogP contribution in [0.5, 0.6) is 0 Å². The molecule has 2 N–H and O–H groups in total. The van der Waals surface area contributed by atoms with Gasteiger partial charge in [0.15, 0.2) is 0 Å². The number of nitrogens with zero attached hydrogens (tertiary/aromatic N) is 1. The van der Waals surface area contributed by atoms with Gasteiger partial charge in [-0.25, -0.2) is 4.79 Å². The molecule has 0 radical (unpaired) electrons. The highest BCUT2D eigenvalue weighted by Crippen LogP contribution is 2.07. The van der Waals surface area contributed by atoms with Crippen molar-refractivity contribution in [1.82, 2.24) is 4.90 Å². The summed E-state index contributed by atoms with van der Waals surface area (Å²) in [5, 5.41) is 0. The second kappa shape index (κ2) is 2.88. The summed E-state index contributed by atoms with van der Waals surface area (Å²) < 4.78 is 4.91. The normalized spacial score (nSPS) is 26.4. The lowest BCUT2D eigenvalue weighted by Gasteiger charge is -2.27. The molecule has 0 bridgehead atoms. The fraction of sp³-hybridized carbons (Fsp3) is 0.833. The highest BCUT2D eigenvalue weighted by Gasteiger charge is 2.22. The smallest absolute Gasteiger partial charge is 0.409 e. The SMILES string of the molecule is CN1CCC(CN)OC1=O. The van der Waals surface area contributed by atoms with Crippen LogP contribution in [-0.2, 0) is 4.74 Å². The lowest BCUT2D eigenvalue weighted by molar-refractivity contribution is 0.0373. The van der Waals surface area contributed by atoms with E-state index in [2.05, 4.69) is 0 Å². The van der Waals surface area contributed by atoms with E-state index in [9.17, 15) is 4.79 Å². The third-order valence-corrected chi connectivity index (χ3v) is 1.63. The van der Waals surface area contributed by atoms with E-state index in [0.717, 1.165) is 13.0 Å². The Bertz CT molecular complexity index is 138. The van der Waals surface area contributed by atoms with Crippen molar-refractivity contribution < 1.29 is 9.53 Å². The third-order valence-electron chi connectivity index (χ3n) is 1.63. The Morgan fingerprint density at radius 1 is 1.90 bits per heavy atom. The van der Waals surface area contributed by atoms with Gasteiger partial charge in [0.05, 0.1) is 0 Å². The quantitative estimate of drug-likeness (QED) is 0.553. The molecule has 0 aliphatic carbocycles. The molecule has 1 atom stereocenters. The average Bonchev–Trinajstić information content (AvgIpc) is 1.95. The lowest BCUT2D eigenvalue weighted by atomic mass is 10.2. The van der Waals surface area contributed by atoms with Crippen molar-refractivity contribution in [3.8, 4) is 0 Å². The van der Waals surface area contributed by atoms with Gasteiger partial charge >= 0.3 is 6.09 Å². The maximum Gasteiger partial charge on any atom is 0.409 e. The first-order valence-corrected chi connectivity index (χ1v) is 3.36. The van der Waals surface area contributed by atoms with E-state index in [-0.39, 0.29) is 12.2 Å². The van der Waals surface area contributed by atoms with Crippen molar-refractivity contribution in [1.29, 1.82) is 0 Å². The first-order valence-electron chi connectivity index (χ1n) is 3.36. The van der Waals surface area contributed by atoms with E-state index in [0.29, 0.717) is 6.54 Å². The predicted octanol–water partition coefficient (Wildman–Crippen LogP) is -0.214. The molecule has 0 aromatic heterocycles. The number of nitrogens with two attached hydrogens (primary N) is 1. The van der Waals surface area contributed by atoms with Crippen LogP contribution in [0, 0.1) is 0 Å². The van der Waals surface area contributed by atoms with Crippen LogP contribution in [0.1, 0.15) is 6.42 Å². The van der Waals surface area contributed by atoms with E-state index in [4.69, 9.17) is 10.5 Å². The first-order chi connectivity index (χ1) is 4.74. The number of hydrogen-bond donors (Lipinski definition) is 1. The molecule has 1 unspecified atom stereocenters. The molecule has 1 aliphatic rings. The topological polar surface area (TPSA) is 55.6 Å². The Kier molecular flexibility index (Phi) is 2.11. The molecule has 0 aromatic carbocycles. The van der Waals surface area contributed by atoms with Crippen LogP contribution in [-0.4, -0.2) is 37.2 Å². The molecule has 58 valence electrons. The summed E-state index contributed by atoms with van der Waals surface area (Å²) in [6, 6.07) is 0. The van der Waals surface area contributed by atoms with E-state index in [1.807, 2.05) is 0 Å². The number of carbonyl (C=O) groups excluding carboxylic acids is 1. The summed E-state index contributed by atoms with van der Waals surface area (Å²) in [4.78, 5) is 12.4. The fourth-order valence-corrected chi connectivity index (χ4v) is 0.886. The van der Waals surface area contributed by atoms with Crippen molar-refractivity contribution in [2.24, 2.45) is 5.73 Å². The largest absolute Gasteiger partial charge is 0.445 e. The maximum atomic E-state index is 10.8. The molecule has 0 aromatic rings. The second-order valence-corrected chi connectivity index (χ2v) is 2.45. The molecule has 0 saturated carbocycles. The van der Waals surface area contributed by atoms with E-state index in [1.54, 1.807) is 11.9 Å². The van der Waals surface area contributed by atoms with E-state index in [1.165, 1.54) is 0 Å². The molecular weight excluding hydrogens is 132 g/mol. The zero-order valence-corrected chi connectivity index (χ0v) is 6.04. The van der Waals surface area contributed by atoms with Crippen molar-refractivity contribution in [2.75, 3.05) is 20.1 Å². The van der Waals surface area contributed by atoms with Gasteiger partial charge in [0.2, 0.25) is 0 Å². The monoisotopic (exact) mass is 144 g/mol. The zero-order chi connectivity index (χ0) is 7.56. The second-order valence-electron chi connectivity index (χ2n) is 2.45. The fourth-order valence-electron chi connectivity index (χ4n) is 0.886. The summed E-state index contributed by atoms with van der Waals surface area (Å²) in [6.45, 7) is 1.18. The van der Waals surface area contributed by atoms with Crippen LogP contribution in [0.25, 0.3) is 0 Å². The van der Waals surface area contributed by atoms with E-state index < -0.39 is 0 Å². The van der Waals surface area contributed by atoms with Gasteiger partial charge < -0.3 is 15.4 Å². The summed E-state index contributed by atoms with van der Waals surface area (Å²) in [5.74, 6) is 0. The Morgan fingerprint density at radius 3 is 3.10 bits per heavy atom. The van der Waals surface area contributed by atoms with Gasteiger partial charge in [0, 0.05) is 26.6 Å². The summed E-state index contributed by atoms with van der Waals surface area (Å²) in [6.07, 6.45) is 0.518. The zero-order valence-electron chi connectivity index (χ0n) is 6.04. The minimum absolute atomic E-state index is 0.0660. The van der Waals surface area contributed by atoms with Crippen LogP contribution < -0.4 is 5.73 Å². The maximum absolute atomic E-state index is 10.8. The lowest BCUT2D eigenvalue weighted by Crippen LogP contribution is -2.42. The minimum Gasteiger partial charge on any atom is -0.445 e. The van der Waals surface area contributed by atoms with Crippen LogP contribution in [0.4, 0.5) is 4.79 Å². The number of cyclic esters (lactones) is 1. The van der Waals surface area contributed by atoms with Gasteiger partial charge in [-0.05, 0) is 0 Å². The van der Waals surface area contributed by atoms with Gasteiger partial charge in [-0.2, -0.15) is 0 Å². The number of amides is 1. The van der Waals surface area contributed by atoms with Gasteiger partial charge in [-0.3, -0.25) is 0 Å². The van der Waals surface area contributed by atoms with Gasteiger partial charge in [0.1, 0.15) is 6.10 Å². The molecule has 1 fully saturated rings. The molecule has 10 heavy (non-hydrogen) atoms. The Hall–Kier alpha value is -0.770. The highest BCUT2D eigenvalue weighted by molar-refractivity contribution is 5.68. The Balaban J connectivity index is 2.41. The number of carbonyl (C=O) groups is 1. The summed E-state index contributed by atoms with van der Waals surface area (Å²) in [7, 11) is 1.72. The molecular formula is C6H12N2O2. The van der Waals surface area contributed by atoms with Crippen molar-refractivity contribution in [3.63, 3.8) is 0 Å². The Labute approximate surface area is 59.9 Å². The predicted molar refractivity (Wildman–Crippen MR) is 36.6 cm³/mol. The standard InChI is InChI=1S/C6H12N2O2/c1-8-3-2-5(4-7)10-6(8)9/h5H,2-4,7H2,1H3. The van der Waals surface area contributed by atoms with Crippen molar-refractivity contribution >= 4 is 6.09 Å². The molecule has 4 heteroatoms. The molecule has 1 aliphatic heterocycles. The van der Waals surface area contributed by atoms with Crippen LogP contribution >= 0.6 is 0 Å². The van der Waals surface area contributed by atoms with Crippen molar-refractivity contribution in [3.05, 3.63) is 0 Å². The van der Waals surface area contributed by atoms with Crippen molar-refractivity contribution in [2.45, 2.75) is 12.5 Å². The summed E-state index contributed by atoms with van der Waals surface area (Å²) in [5.41, 5.74) is 5.32. The molecule has 4 nitrogen and oxygen atoms in total. The van der Waals surface area contributed by atoms with Gasteiger partial charge in [-0.1, -0.05) is 0 Å². The highest BCUT2D eigenvalue weighted by atomic mass is 16.6. The summed E-state index contributed by atoms with van der Waals surface area (Å²) >= 11 is 0. The van der Waals surface area contributed by atoms with Gasteiger partial charge in [0.25, 0.3) is 0 Å². The molecule has 0 spiro atoms. The molecule has 1 amide bonds. The van der Waals surface area contributed by atoms with Gasteiger partial charge in [-0.15, -0.1) is 0 Å². The van der Waals surface area contributed by atoms with Crippen LogP contribution in [0.15, 0.2) is 0 Å². The number of rotatable bonds is 1. The molecule has 1 rings (SSSR count). The number of hydrogen-bond acceptors (Lipinski definition) is 3.